The Labute approximate surface area is 154 Å². The summed E-state index contributed by atoms with van der Waals surface area (Å²) in [4.78, 5) is 23.6. The van der Waals surface area contributed by atoms with Gasteiger partial charge in [0.2, 0.25) is 0 Å². The van der Waals surface area contributed by atoms with Gasteiger partial charge in [0, 0.05) is 4.47 Å². The van der Waals surface area contributed by atoms with Crippen LogP contribution in [-0.4, -0.2) is 23.7 Å². The standard InChI is InChI=1S/C19H19BrO5/c1-12(2)8-9-24-15-5-3-4-13(10-15)19(23)25-17-7-6-14(20)11-16(17)18(21)22/h3-7,10-12H,8-9H2,1-2H3,(H,21,22). The van der Waals surface area contributed by atoms with E-state index in [9.17, 15) is 14.7 Å². The maximum Gasteiger partial charge on any atom is 0.343 e. The van der Waals surface area contributed by atoms with E-state index in [0.29, 0.717) is 28.3 Å². The molecule has 6 heteroatoms. The molecule has 0 bridgehead atoms. The van der Waals surface area contributed by atoms with Crippen LogP contribution in [0.1, 0.15) is 41.0 Å². The summed E-state index contributed by atoms with van der Waals surface area (Å²) in [5.41, 5.74) is 0.202. The second-order valence-corrected chi connectivity index (χ2v) is 6.81. The van der Waals surface area contributed by atoms with Crippen molar-refractivity contribution in [1.82, 2.24) is 0 Å². The number of hydrogen-bond donors (Lipinski definition) is 1. The Hall–Kier alpha value is -2.34. The zero-order chi connectivity index (χ0) is 18.4. The Morgan fingerprint density at radius 3 is 2.60 bits per heavy atom. The normalized spacial score (nSPS) is 10.6. The maximum atomic E-state index is 12.3. The van der Waals surface area contributed by atoms with Gasteiger partial charge in [0.25, 0.3) is 0 Å². The van der Waals surface area contributed by atoms with Crippen molar-refractivity contribution in [3.8, 4) is 11.5 Å². The number of hydrogen-bond acceptors (Lipinski definition) is 4. The molecule has 0 aromatic heterocycles. The van der Waals surface area contributed by atoms with E-state index in [1.54, 1.807) is 30.3 Å². The summed E-state index contributed by atoms with van der Waals surface area (Å²) < 4.78 is 11.5. The largest absolute Gasteiger partial charge is 0.494 e. The van der Waals surface area contributed by atoms with Crippen LogP contribution in [-0.2, 0) is 0 Å². The van der Waals surface area contributed by atoms with E-state index >= 15 is 0 Å². The van der Waals surface area contributed by atoms with Gasteiger partial charge in [0.15, 0.2) is 0 Å². The van der Waals surface area contributed by atoms with Gasteiger partial charge in [-0.05, 0) is 48.7 Å². The minimum Gasteiger partial charge on any atom is -0.494 e. The molecule has 0 radical (unpaired) electrons. The number of aromatic carboxylic acids is 1. The van der Waals surface area contributed by atoms with Gasteiger partial charge in [-0.2, -0.15) is 0 Å². The number of carbonyl (C=O) groups excluding carboxylic acids is 1. The van der Waals surface area contributed by atoms with Crippen LogP contribution in [0.25, 0.3) is 0 Å². The third-order valence-electron chi connectivity index (χ3n) is 3.41. The highest BCUT2D eigenvalue weighted by Gasteiger charge is 2.16. The smallest absolute Gasteiger partial charge is 0.343 e. The van der Waals surface area contributed by atoms with Crippen molar-refractivity contribution < 1.29 is 24.2 Å². The van der Waals surface area contributed by atoms with E-state index in [2.05, 4.69) is 29.8 Å². The molecule has 2 aromatic carbocycles. The highest BCUT2D eigenvalue weighted by molar-refractivity contribution is 9.10. The molecule has 0 fully saturated rings. The fourth-order valence-electron chi connectivity index (χ4n) is 2.04. The van der Waals surface area contributed by atoms with Gasteiger partial charge in [-0.3, -0.25) is 0 Å². The third-order valence-corrected chi connectivity index (χ3v) is 3.90. The summed E-state index contributed by atoms with van der Waals surface area (Å²) in [6.07, 6.45) is 0.912. The molecule has 0 aliphatic heterocycles. The lowest BCUT2D eigenvalue weighted by atomic mass is 10.1. The van der Waals surface area contributed by atoms with Crippen LogP contribution in [0.4, 0.5) is 0 Å². The molecule has 0 saturated carbocycles. The van der Waals surface area contributed by atoms with Crippen molar-refractivity contribution in [2.75, 3.05) is 6.61 Å². The lowest BCUT2D eigenvalue weighted by molar-refractivity contribution is 0.0681. The Morgan fingerprint density at radius 2 is 1.92 bits per heavy atom. The van der Waals surface area contributed by atoms with Crippen molar-refractivity contribution in [2.45, 2.75) is 20.3 Å². The fourth-order valence-corrected chi connectivity index (χ4v) is 2.40. The molecule has 0 aliphatic rings. The molecule has 0 atom stereocenters. The highest BCUT2D eigenvalue weighted by Crippen LogP contribution is 2.25. The van der Waals surface area contributed by atoms with Gasteiger partial charge in [-0.15, -0.1) is 0 Å². The zero-order valence-electron chi connectivity index (χ0n) is 14.0. The minimum atomic E-state index is -1.17. The Kier molecular flexibility index (Phi) is 6.58. The molecule has 0 unspecified atom stereocenters. The highest BCUT2D eigenvalue weighted by atomic mass is 79.9. The predicted molar refractivity (Wildman–Crippen MR) is 97.5 cm³/mol. The molecule has 0 amide bonds. The molecular weight excluding hydrogens is 388 g/mol. The lowest BCUT2D eigenvalue weighted by Gasteiger charge is -2.10. The number of benzene rings is 2. The summed E-state index contributed by atoms with van der Waals surface area (Å²) in [7, 11) is 0. The fraction of sp³-hybridized carbons (Fsp3) is 0.263. The molecule has 2 rings (SSSR count). The van der Waals surface area contributed by atoms with Crippen molar-refractivity contribution >= 4 is 27.9 Å². The van der Waals surface area contributed by atoms with Gasteiger partial charge in [-0.25, -0.2) is 9.59 Å². The predicted octanol–water partition coefficient (Wildman–Crippen LogP) is 4.79. The van der Waals surface area contributed by atoms with E-state index in [1.165, 1.54) is 12.1 Å². The van der Waals surface area contributed by atoms with E-state index in [4.69, 9.17) is 9.47 Å². The van der Waals surface area contributed by atoms with Gasteiger partial charge in [0.05, 0.1) is 12.2 Å². The molecule has 1 N–H and O–H groups in total. The van der Waals surface area contributed by atoms with Crippen LogP contribution in [0.3, 0.4) is 0 Å². The summed E-state index contributed by atoms with van der Waals surface area (Å²) in [6, 6.07) is 11.1. The van der Waals surface area contributed by atoms with Crippen LogP contribution in [0, 0.1) is 5.92 Å². The molecule has 5 nitrogen and oxygen atoms in total. The van der Waals surface area contributed by atoms with E-state index < -0.39 is 11.9 Å². The number of rotatable bonds is 7. The first-order valence-corrected chi connectivity index (χ1v) is 8.64. The number of halogens is 1. The van der Waals surface area contributed by atoms with E-state index in [1.807, 2.05) is 0 Å². The molecule has 0 spiro atoms. The Morgan fingerprint density at radius 1 is 1.16 bits per heavy atom. The van der Waals surface area contributed by atoms with Gasteiger partial charge < -0.3 is 14.6 Å². The van der Waals surface area contributed by atoms with Crippen molar-refractivity contribution in [2.24, 2.45) is 5.92 Å². The summed E-state index contributed by atoms with van der Waals surface area (Å²) >= 11 is 3.20. The number of carbonyl (C=O) groups is 2. The average molecular weight is 407 g/mol. The first kappa shape index (κ1) is 19.0. The van der Waals surface area contributed by atoms with Crippen LogP contribution in [0.15, 0.2) is 46.9 Å². The second-order valence-electron chi connectivity index (χ2n) is 5.89. The molecule has 0 heterocycles. The van der Waals surface area contributed by atoms with Gasteiger partial charge in [-0.1, -0.05) is 35.8 Å². The summed E-state index contributed by atoms with van der Waals surface area (Å²) in [5, 5.41) is 9.23. The second kappa shape index (κ2) is 8.67. The zero-order valence-corrected chi connectivity index (χ0v) is 15.6. The van der Waals surface area contributed by atoms with Crippen LogP contribution < -0.4 is 9.47 Å². The maximum absolute atomic E-state index is 12.3. The molecule has 0 aliphatic carbocycles. The van der Waals surface area contributed by atoms with Crippen LogP contribution in [0.5, 0.6) is 11.5 Å². The molecule has 25 heavy (non-hydrogen) atoms. The average Bonchev–Trinajstić information content (AvgIpc) is 2.56. The number of carboxylic acid groups (broad SMARTS) is 1. The van der Waals surface area contributed by atoms with Crippen molar-refractivity contribution in [1.29, 1.82) is 0 Å². The summed E-state index contributed by atoms with van der Waals surface area (Å²) in [6.45, 7) is 4.77. The number of ether oxygens (including phenoxy) is 2. The first-order chi connectivity index (χ1) is 11.9. The first-order valence-electron chi connectivity index (χ1n) is 7.84. The quantitative estimate of drug-likeness (QED) is 0.528. The van der Waals surface area contributed by atoms with Gasteiger partial charge in [0.1, 0.15) is 17.1 Å². The van der Waals surface area contributed by atoms with Crippen molar-refractivity contribution in [3.05, 3.63) is 58.1 Å². The number of esters is 1. The van der Waals surface area contributed by atoms with Crippen molar-refractivity contribution in [3.63, 3.8) is 0 Å². The van der Waals surface area contributed by atoms with E-state index in [-0.39, 0.29) is 11.3 Å². The monoisotopic (exact) mass is 406 g/mol. The Bertz CT molecular complexity index is 770. The minimum absolute atomic E-state index is 0.00757. The topological polar surface area (TPSA) is 72.8 Å². The molecule has 2 aromatic rings. The lowest BCUT2D eigenvalue weighted by Crippen LogP contribution is -2.12. The molecular formula is C19H19BrO5. The van der Waals surface area contributed by atoms with Crippen LogP contribution in [0.2, 0.25) is 0 Å². The number of carboxylic acids is 1. The Balaban J connectivity index is 2.12. The molecule has 0 saturated heterocycles. The van der Waals surface area contributed by atoms with E-state index in [0.717, 1.165) is 6.42 Å². The van der Waals surface area contributed by atoms with Crippen LogP contribution >= 0.6 is 15.9 Å². The third kappa shape index (κ3) is 5.60. The molecule has 132 valence electrons. The SMILES string of the molecule is CC(C)CCOc1cccc(C(=O)Oc2ccc(Br)cc2C(=O)O)c1. The summed E-state index contributed by atoms with van der Waals surface area (Å²) in [5.74, 6) is -0.717. The van der Waals surface area contributed by atoms with Gasteiger partial charge >= 0.3 is 11.9 Å².